The first-order valence-corrected chi connectivity index (χ1v) is 21.1. The molecule has 0 radical (unpaired) electrons. The summed E-state index contributed by atoms with van der Waals surface area (Å²) in [4.78, 5) is 15.2. The van der Waals surface area contributed by atoms with Gasteiger partial charge in [0.15, 0.2) is 17.5 Å². The number of para-hydroxylation sites is 1. The van der Waals surface area contributed by atoms with Gasteiger partial charge in [0.25, 0.3) is 0 Å². The van der Waals surface area contributed by atoms with Crippen molar-refractivity contribution in [2.45, 2.75) is 0 Å². The van der Waals surface area contributed by atoms with Crippen molar-refractivity contribution in [3.8, 4) is 62.1 Å². The van der Waals surface area contributed by atoms with Crippen LogP contribution in [0.25, 0.3) is 128 Å². The van der Waals surface area contributed by atoms with E-state index in [-0.39, 0.29) is 0 Å². The van der Waals surface area contributed by atoms with Crippen LogP contribution in [0.4, 0.5) is 0 Å². The molecule has 0 bridgehead atoms. The van der Waals surface area contributed by atoms with Gasteiger partial charge >= 0.3 is 0 Å². The van der Waals surface area contributed by atoms with E-state index in [2.05, 4.69) is 150 Å². The summed E-state index contributed by atoms with van der Waals surface area (Å²) in [6, 6.07) is 71.6. The monoisotopic (exact) mass is 806 g/mol. The Kier molecular flexibility index (Phi) is 7.80. The van der Waals surface area contributed by atoms with Crippen molar-refractivity contribution in [2.75, 3.05) is 0 Å². The highest BCUT2D eigenvalue weighted by atomic mass is 16.3. The molecule has 63 heavy (non-hydrogen) atoms. The fourth-order valence-corrected chi connectivity index (χ4v) is 9.28. The molecule has 0 aliphatic carbocycles. The molecule has 0 atom stereocenters. The second-order valence-corrected chi connectivity index (χ2v) is 16.0. The molecule has 13 aromatic rings. The number of fused-ring (bicyclic) bond motifs is 9. The van der Waals surface area contributed by atoms with Gasteiger partial charge in [0.1, 0.15) is 22.3 Å². The second-order valence-electron chi connectivity index (χ2n) is 16.0. The summed E-state index contributed by atoms with van der Waals surface area (Å²) in [6.07, 6.45) is 0. The average Bonchev–Trinajstić information content (AvgIpc) is 4.03. The largest absolute Gasteiger partial charge is 0.456 e. The molecule has 0 amide bonds. The van der Waals surface area contributed by atoms with Gasteiger partial charge < -0.3 is 13.4 Å². The average molecular weight is 807 g/mol. The number of aromatic nitrogens is 4. The zero-order valence-corrected chi connectivity index (χ0v) is 33.7. The van der Waals surface area contributed by atoms with Crippen LogP contribution in [0, 0.1) is 0 Å². The predicted molar refractivity (Wildman–Crippen MR) is 256 cm³/mol. The molecule has 6 nitrogen and oxygen atoms in total. The lowest BCUT2D eigenvalue weighted by Crippen LogP contribution is -2.00. The van der Waals surface area contributed by atoms with E-state index in [0.29, 0.717) is 17.5 Å². The second kappa shape index (κ2) is 14.0. The van der Waals surface area contributed by atoms with Crippen molar-refractivity contribution in [3.05, 3.63) is 206 Å². The first kappa shape index (κ1) is 35.2. The molecule has 13 rings (SSSR count). The summed E-state index contributed by atoms with van der Waals surface area (Å²) < 4.78 is 15.5. The van der Waals surface area contributed by atoms with E-state index in [1.807, 2.05) is 60.7 Å². The maximum atomic E-state index is 6.71. The molecule has 294 valence electrons. The van der Waals surface area contributed by atoms with Gasteiger partial charge in [-0.05, 0) is 82.9 Å². The molecule has 0 N–H and O–H groups in total. The van der Waals surface area contributed by atoms with Crippen molar-refractivity contribution in [1.29, 1.82) is 0 Å². The number of rotatable bonds is 6. The zero-order valence-electron chi connectivity index (χ0n) is 33.7. The quantitative estimate of drug-likeness (QED) is 0.167. The molecule has 0 aliphatic rings. The van der Waals surface area contributed by atoms with Crippen LogP contribution in [0.2, 0.25) is 0 Å². The van der Waals surface area contributed by atoms with Crippen molar-refractivity contribution in [1.82, 2.24) is 19.5 Å². The standard InChI is InChI=1S/C57H34N4O2/c1-4-13-35(14-5-1)38-25-30-49-47(31-38)43-19-10-11-21-48(43)61(49)41-26-29-45-44-27-23-39(32-51(44)63-53(45)34-41)56-58-55(37-17-8-3-9-18-37)59-57(60-56)40-24-28-46-52(33-40)62-50-22-12-20-42(54(46)50)36-15-6-2-7-16-36/h1-34H. The minimum atomic E-state index is 0.554. The maximum absolute atomic E-state index is 6.71. The minimum Gasteiger partial charge on any atom is -0.456 e. The molecule has 0 saturated heterocycles. The summed E-state index contributed by atoms with van der Waals surface area (Å²) >= 11 is 0. The summed E-state index contributed by atoms with van der Waals surface area (Å²) in [5, 5.41) is 6.62. The first-order chi connectivity index (χ1) is 31.2. The van der Waals surface area contributed by atoms with Crippen LogP contribution < -0.4 is 0 Å². The van der Waals surface area contributed by atoms with Crippen LogP contribution in [-0.2, 0) is 0 Å². The normalized spacial score (nSPS) is 11.8. The van der Waals surface area contributed by atoms with Gasteiger partial charge in [0.05, 0.1) is 11.0 Å². The lowest BCUT2D eigenvalue weighted by molar-refractivity contribution is 0.668. The van der Waals surface area contributed by atoms with E-state index in [9.17, 15) is 0 Å². The maximum Gasteiger partial charge on any atom is 0.164 e. The van der Waals surface area contributed by atoms with Crippen LogP contribution in [0.5, 0.6) is 0 Å². The van der Waals surface area contributed by atoms with Gasteiger partial charge in [-0.15, -0.1) is 0 Å². The summed E-state index contributed by atoms with van der Waals surface area (Å²) in [6.45, 7) is 0. The molecule has 0 saturated carbocycles. The van der Waals surface area contributed by atoms with Gasteiger partial charge in [0, 0.05) is 60.8 Å². The first-order valence-electron chi connectivity index (χ1n) is 21.1. The third kappa shape index (κ3) is 5.76. The van der Waals surface area contributed by atoms with E-state index in [4.69, 9.17) is 23.8 Å². The topological polar surface area (TPSA) is 69.9 Å². The predicted octanol–water partition coefficient (Wildman–Crippen LogP) is 15.1. The summed E-state index contributed by atoms with van der Waals surface area (Å²) in [5.74, 6) is 1.70. The molecule has 4 aromatic heterocycles. The Labute approximate surface area is 361 Å². The molecule has 9 aromatic carbocycles. The molecule has 6 heteroatoms. The molecule has 4 heterocycles. The third-order valence-electron chi connectivity index (χ3n) is 12.3. The Morgan fingerprint density at radius 2 is 0.841 bits per heavy atom. The van der Waals surface area contributed by atoms with Crippen molar-refractivity contribution in [2.24, 2.45) is 0 Å². The van der Waals surface area contributed by atoms with Crippen molar-refractivity contribution in [3.63, 3.8) is 0 Å². The minimum absolute atomic E-state index is 0.554. The molecule has 0 unspecified atom stereocenters. The molecule has 0 spiro atoms. The van der Waals surface area contributed by atoms with E-state index >= 15 is 0 Å². The summed E-state index contributed by atoms with van der Waals surface area (Å²) in [5.41, 5.74) is 13.7. The highest BCUT2D eigenvalue weighted by molar-refractivity contribution is 6.14. The number of hydrogen-bond donors (Lipinski definition) is 0. The lowest BCUT2D eigenvalue weighted by atomic mass is 9.99. The van der Waals surface area contributed by atoms with Crippen LogP contribution in [0.3, 0.4) is 0 Å². The molecule has 0 fully saturated rings. The highest BCUT2D eigenvalue weighted by Gasteiger charge is 2.19. The van der Waals surface area contributed by atoms with E-state index in [1.54, 1.807) is 0 Å². The van der Waals surface area contributed by atoms with Crippen LogP contribution in [0.15, 0.2) is 215 Å². The Morgan fingerprint density at radius 1 is 0.302 bits per heavy atom. The molecule has 0 aliphatic heterocycles. The van der Waals surface area contributed by atoms with Gasteiger partial charge in [0.2, 0.25) is 0 Å². The van der Waals surface area contributed by atoms with Gasteiger partial charge in [-0.1, -0.05) is 140 Å². The highest BCUT2D eigenvalue weighted by Crippen LogP contribution is 2.40. The Morgan fingerprint density at radius 3 is 1.57 bits per heavy atom. The fourth-order valence-electron chi connectivity index (χ4n) is 9.28. The Balaban J connectivity index is 0.918. The number of nitrogens with zero attached hydrogens (tertiary/aromatic N) is 4. The SMILES string of the molecule is c1ccc(-c2ccc3c(c2)c2ccccc2n3-c2ccc3c(c2)oc2cc(-c4nc(-c5ccccc5)nc(-c5ccc6c(c5)oc5cccc(-c7ccccc7)c56)n4)ccc23)cc1. The summed E-state index contributed by atoms with van der Waals surface area (Å²) in [7, 11) is 0. The Hall–Kier alpha value is -8.61. The lowest BCUT2D eigenvalue weighted by Gasteiger charge is -2.08. The number of furan rings is 2. The van der Waals surface area contributed by atoms with Gasteiger partial charge in [-0.25, -0.2) is 15.0 Å². The van der Waals surface area contributed by atoms with E-state index in [0.717, 1.165) is 88.4 Å². The van der Waals surface area contributed by atoms with Crippen molar-refractivity contribution >= 4 is 65.7 Å². The van der Waals surface area contributed by atoms with E-state index in [1.165, 1.54) is 21.9 Å². The smallest absolute Gasteiger partial charge is 0.164 e. The third-order valence-corrected chi connectivity index (χ3v) is 12.3. The number of benzene rings is 9. The van der Waals surface area contributed by atoms with E-state index < -0.39 is 0 Å². The Bertz CT molecular complexity index is 3900. The zero-order chi connectivity index (χ0) is 41.4. The van der Waals surface area contributed by atoms with Crippen molar-refractivity contribution < 1.29 is 8.83 Å². The van der Waals surface area contributed by atoms with Crippen LogP contribution in [-0.4, -0.2) is 19.5 Å². The van der Waals surface area contributed by atoms with Crippen LogP contribution in [0.1, 0.15) is 0 Å². The molecular weight excluding hydrogens is 773 g/mol. The van der Waals surface area contributed by atoms with Gasteiger partial charge in [-0.3, -0.25) is 0 Å². The van der Waals surface area contributed by atoms with Gasteiger partial charge in [-0.2, -0.15) is 0 Å². The fraction of sp³-hybridized carbons (Fsp3) is 0. The number of hydrogen-bond acceptors (Lipinski definition) is 5. The van der Waals surface area contributed by atoms with Crippen LogP contribution >= 0.6 is 0 Å². The molecular formula is C57H34N4O2.